The molecule has 13 heteroatoms. The number of aliphatic hydroxyl groups excluding tert-OH is 1. The standard InChI is InChI=1S/C22H24N8O3S2/c1-10-26-21(30(28-10)12-3-4-14-16(7-12)35-11(2)27-14)20-18(31)17(19-15(33-20)9-32-19)29(24)8-13(23)22-25-5-6-34-22/h3-8,15,17-20,31H,9,23-24H2,1-2H3/b13-8-. The molecule has 0 bridgehead atoms. The van der Waals surface area contributed by atoms with Crippen molar-refractivity contribution < 1.29 is 14.6 Å². The minimum absolute atomic E-state index is 0.244. The fourth-order valence-electron chi connectivity index (χ4n) is 4.56. The van der Waals surface area contributed by atoms with Crippen LogP contribution in [-0.2, 0) is 9.47 Å². The van der Waals surface area contributed by atoms with E-state index in [0.29, 0.717) is 29.0 Å². The van der Waals surface area contributed by atoms with Gasteiger partial charge in [0.2, 0.25) is 0 Å². The van der Waals surface area contributed by atoms with Gasteiger partial charge in [-0.05, 0) is 32.0 Å². The van der Waals surface area contributed by atoms with Gasteiger partial charge in [-0.15, -0.1) is 22.7 Å². The first-order chi connectivity index (χ1) is 16.9. The average Bonchev–Trinajstić information content (AvgIpc) is 3.54. The van der Waals surface area contributed by atoms with Gasteiger partial charge in [0.15, 0.2) is 5.82 Å². The highest BCUT2D eigenvalue weighted by atomic mass is 32.1. The number of aromatic nitrogens is 5. The molecule has 2 saturated heterocycles. The smallest absolute Gasteiger partial charge is 0.164 e. The molecule has 5 N–H and O–H groups in total. The second kappa shape index (κ2) is 8.62. The van der Waals surface area contributed by atoms with E-state index in [2.05, 4.69) is 20.1 Å². The number of rotatable bonds is 5. The number of nitrogens with zero attached hydrogens (tertiary/aromatic N) is 6. The van der Waals surface area contributed by atoms with Crippen LogP contribution in [0.3, 0.4) is 0 Å². The van der Waals surface area contributed by atoms with Crippen LogP contribution in [0.1, 0.15) is 27.8 Å². The number of ether oxygens (including phenoxy) is 2. The van der Waals surface area contributed by atoms with Gasteiger partial charge in [0.25, 0.3) is 0 Å². The molecule has 1 aromatic carbocycles. The van der Waals surface area contributed by atoms with E-state index in [1.165, 1.54) is 16.3 Å². The lowest BCUT2D eigenvalue weighted by molar-refractivity contribution is -0.290. The summed E-state index contributed by atoms with van der Waals surface area (Å²) >= 11 is 3.02. The summed E-state index contributed by atoms with van der Waals surface area (Å²) in [5, 5.41) is 20.9. The number of thiazole rings is 2. The number of hydrazine groups is 1. The number of hydrogen-bond donors (Lipinski definition) is 3. The third kappa shape index (κ3) is 3.90. The van der Waals surface area contributed by atoms with Crippen molar-refractivity contribution in [1.29, 1.82) is 0 Å². The van der Waals surface area contributed by atoms with Crippen molar-refractivity contribution in [2.24, 2.45) is 11.6 Å². The van der Waals surface area contributed by atoms with E-state index in [9.17, 15) is 5.11 Å². The molecular formula is C22H24N8O3S2. The molecule has 4 aromatic rings. The van der Waals surface area contributed by atoms with Crippen molar-refractivity contribution in [3.05, 3.63) is 57.6 Å². The van der Waals surface area contributed by atoms with Crippen LogP contribution in [0.15, 0.2) is 36.0 Å². The SMILES string of the molecule is Cc1nc(C2OC3COC3C(N(N)/C=C(\N)c3nccs3)C2O)n(-c2ccc3nc(C)sc3c2)n1. The lowest BCUT2D eigenvalue weighted by Crippen LogP contribution is -2.68. The van der Waals surface area contributed by atoms with Crippen molar-refractivity contribution in [2.75, 3.05) is 6.61 Å². The maximum absolute atomic E-state index is 11.5. The topological polar surface area (TPSA) is 150 Å². The fourth-order valence-corrected chi connectivity index (χ4v) is 5.98. The molecule has 6 rings (SSSR count). The minimum Gasteiger partial charge on any atom is -0.395 e. The highest BCUT2D eigenvalue weighted by Crippen LogP contribution is 2.39. The molecule has 0 amide bonds. The number of benzene rings is 1. The van der Waals surface area contributed by atoms with Crippen LogP contribution in [0.2, 0.25) is 0 Å². The Labute approximate surface area is 208 Å². The van der Waals surface area contributed by atoms with Gasteiger partial charge >= 0.3 is 0 Å². The molecular weight excluding hydrogens is 488 g/mol. The maximum atomic E-state index is 11.5. The Kier molecular flexibility index (Phi) is 5.55. The lowest BCUT2D eigenvalue weighted by atomic mass is 9.88. The summed E-state index contributed by atoms with van der Waals surface area (Å²) in [6.07, 6.45) is 0.770. The first kappa shape index (κ1) is 22.5. The van der Waals surface area contributed by atoms with Crippen molar-refractivity contribution in [3.8, 4) is 5.69 Å². The van der Waals surface area contributed by atoms with Crippen molar-refractivity contribution in [1.82, 2.24) is 29.7 Å². The van der Waals surface area contributed by atoms with Gasteiger partial charge in [-0.2, -0.15) is 5.10 Å². The molecule has 35 heavy (non-hydrogen) atoms. The zero-order chi connectivity index (χ0) is 24.3. The van der Waals surface area contributed by atoms with E-state index < -0.39 is 24.4 Å². The normalized spacial score (nSPS) is 26.5. The first-order valence-corrected chi connectivity index (χ1v) is 12.7. The Morgan fingerprint density at radius 3 is 2.91 bits per heavy atom. The molecule has 2 fully saturated rings. The van der Waals surface area contributed by atoms with Crippen LogP contribution in [0, 0.1) is 13.8 Å². The van der Waals surface area contributed by atoms with Crippen LogP contribution in [0.25, 0.3) is 21.6 Å². The summed E-state index contributed by atoms with van der Waals surface area (Å²) in [6, 6.07) is 5.31. The van der Waals surface area contributed by atoms with Gasteiger partial charge in [0.05, 0.1) is 33.2 Å². The molecule has 11 nitrogen and oxygen atoms in total. The van der Waals surface area contributed by atoms with Gasteiger partial charge in [0.1, 0.15) is 41.3 Å². The predicted octanol–water partition coefficient (Wildman–Crippen LogP) is 1.65. The molecule has 3 aromatic heterocycles. The number of aryl methyl sites for hydroxylation is 2. The third-order valence-electron chi connectivity index (χ3n) is 6.17. The van der Waals surface area contributed by atoms with E-state index in [1.54, 1.807) is 28.4 Å². The Morgan fingerprint density at radius 1 is 1.31 bits per heavy atom. The zero-order valence-corrected chi connectivity index (χ0v) is 20.6. The second-order valence-corrected chi connectivity index (χ2v) is 10.7. The van der Waals surface area contributed by atoms with Gasteiger partial charge in [-0.25, -0.2) is 25.5 Å². The summed E-state index contributed by atoms with van der Waals surface area (Å²) < 4.78 is 14.7. The Bertz CT molecular complexity index is 1400. The Balaban J connectivity index is 1.35. The fraction of sp³-hybridized carbons (Fsp3) is 0.364. The van der Waals surface area contributed by atoms with Crippen LogP contribution >= 0.6 is 22.7 Å². The van der Waals surface area contributed by atoms with E-state index >= 15 is 0 Å². The van der Waals surface area contributed by atoms with Crippen LogP contribution in [0.4, 0.5) is 0 Å². The Hall–Kier alpha value is -2.94. The molecule has 0 aliphatic carbocycles. The van der Waals surface area contributed by atoms with E-state index in [4.69, 9.17) is 21.1 Å². The molecule has 182 valence electrons. The first-order valence-electron chi connectivity index (χ1n) is 11.1. The predicted molar refractivity (Wildman–Crippen MR) is 131 cm³/mol. The van der Waals surface area contributed by atoms with Crippen molar-refractivity contribution in [3.63, 3.8) is 0 Å². The van der Waals surface area contributed by atoms with Crippen LogP contribution < -0.4 is 11.6 Å². The average molecular weight is 513 g/mol. The molecule has 5 heterocycles. The molecule has 5 unspecified atom stereocenters. The van der Waals surface area contributed by atoms with Crippen molar-refractivity contribution >= 4 is 38.6 Å². The minimum atomic E-state index is -1.06. The summed E-state index contributed by atoms with van der Waals surface area (Å²) in [5.74, 6) is 7.46. The second-order valence-electron chi connectivity index (χ2n) is 8.56. The monoisotopic (exact) mass is 512 g/mol. The summed E-state index contributed by atoms with van der Waals surface area (Å²) in [7, 11) is 0. The van der Waals surface area contributed by atoms with E-state index in [1.807, 2.05) is 37.4 Å². The molecule has 0 spiro atoms. The zero-order valence-electron chi connectivity index (χ0n) is 19.0. The molecule has 0 radical (unpaired) electrons. The Morgan fingerprint density at radius 2 is 2.17 bits per heavy atom. The van der Waals surface area contributed by atoms with E-state index in [0.717, 1.165) is 20.9 Å². The van der Waals surface area contributed by atoms with Gasteiger partial charge in [-0.3, -0.25) is 0 Å². The summed E-state index contributed by atoms with van der Waals surface area (Å²) in [5.41, 5.74) is 8.34. The van der Waals surface area contributed by atoms with Gasteiger partial charge < -0.3 is 25.3 Å². The quantitative estimate of drug-likeness (QED) is 0.266. The maximum Gasteiger partial charge on any atom is 0.164 e. The molecule has 5 atom stereocenters. The highest BCUT2D eigenvalue weighted by molar-refractivity contribution is 7.18. The highest BCUT2D eigenvalue weighted by Gasteiger charge is 2.54. The van der Waals surface area contributed by atoms with E-state index in [-0.39, 0.29) is 6.10 Å². The van der Waals surface area contributed by atoms with Crippen LogP contribution in [-0.4, -0.2) is 65.8 Å². The molecule has 2 aliphatic rings. The number of nitrogens with two attached hydrogens (primary N) is 2. The van der Waals surface area contributed by atoms with Crippen molar-refractivity contribution in [2.45, 2.75) is 44.3 Å². The van der Waals surface area contributed by atoms with Gasteiger partial charge in [-0.1, -0.05) is 0 Å². The molecule has 2 aliphatic heterocycles. The number of aliphatic hydroxyl groups is 1. The summed E-state index contributed by atoms with van der Waals surface area (Å²) in [6.45, 7) is 4.19. The van der Waals surface area contributed by atoms with Crippen LogP contribution in [0.5, 0.6) is 0 Å². The molecule has 0 saturated carbocycles. The summed E-state index contributed by atoms with van der Waals surface area (Å²) in [4.78, 5) is 13.4. The third-order valence-corrected chi connectivity index (χ3v) is 7.92. The number of fused-ring (bicyclic) bond motifs is 2. The lowest BCUT2D eigenvalue weighted by Gasteiger charge is -2.52. The van der Waals surface area contributed by atoms with Gasteiger partial charge in [0, 0.05) is 17.8 Å². The largest absolute Gasteiger partial charge is 0.395 e. The number of hydrogen-bond acceptors (Lipinski definition) is 12.